The Morgan fingerprint density at radius 1 is 0.688 bits per heavy atom. The second-order valence-electron chi connectivity index (χ2n) is 1.15. The minimum Gasteiger partial charge on any atom is -0.596 e. The largest absolute Gasteiger partial charge is 2.00 e. The zero-order chi connectivity index (χ0) is 5.86. The van der Waals surface area contributed by atoms with E-state index in [0.29, 0.717) is 0 Å². The zero-order valence-electron chi connectivity index (χ0n) is 8.53. The maximum Gasteiger partial charge on any atom is 2.00 e. The minimum absolute atomic E-state index is 0. The molecule has 0 aliphatic carbocycles. The van der Waals surface area contributed by atoms with Crippen LogP contribution in [-0.2, 0) is 178 Å². The summed E-state index contributed by atoms with van der Waals surface area (Å²) in [5, 5.41) is 3.00. The molecule has 0 heterocycles. The normalized spacial score (nSPS) is 3.38. The standard InChI is InChI=1S/C4H7NO2.CH3.8W/c1-3(6)5-4(2)7;;;;;;;;;/h1-2H3,(H,5,6,7);1H3;;;;;;;;/q;-1;;;;;;;;+2/p-1. The molecule has 0 N–H and O–H groups in total. The van der Waals surface area contributed by atoms with Crippen LogP contribution >= 0.6 is 0 Å². The summed E-state index contributed by atoms with van der Waals surface area (Å²) in [7, 11) is 0. The van der Waals surface area contributed by atoms with Gasteiger partial charge in [-0.3, -0.25) is 0 Å². The van der Waals surface area contributed by atoms with Crippen LogP contribution in [0.3, 0.4) is 0 Å². The van der Waals surface area contributed by atoms with Gasteiger partial charge in [0.15, 0.2) is 0 Å². The first kappa shape index (κ1) is 70.3. The summed E-state index contributed by atoms with van der Waals surface area (Å²) in [5.74, 6) is -0.875. The van der Waals surface area contributed by atoms with Crippen molar-refractivity contribution in [1.82, 2.24) is 0 Å². The van der Waals surface area contributed by atoms with Crippen molar-refractivity contribution in [3.63, 3.8) is 0 Å². The van der Waals surface area contributed by atoms with Crippen molar-refractivity contribution in [3.05, 3.63) is 12.7 Å². The molecule has 0 aliphatic heterocycles. The third-order valence-corrected chi connectivity index (χ3v) is 0.315. The van der Waals surface area contributed by atoms with E-state index in [-0.39, 0.29) is 176 Å². The molecule has 3 nitrogen and oxygen atoms in total. The van der Waals surface area contributed by atoms with Gasteiger partial charge in [0.25, 0.3) is 0 Å². The Morgan fingerprint density at radius 2 is 0.812 bits per heavy atom. The van der Waals surface area contributed by atoms with Crippen molar-refractivity contribution in [3.8, 4) is 0 Å². The van der Waals surface area contributed by atoms with Gasteiger partial charge in [0.05, 0.1) is 11.8 Å². The van der Waals surface area contributed by atoms with Crippen molar-refractivity contribution >= 4 is 11.8 Å². The summed E-state index contributed by atoms with van der Waals surface area (Å²) >= 11 is 0. The number of rotatable bonds is 0. The van der Waals surface area contributed by atoms with E-state index in [1.54, 1.807) is 0 Å². The molecule has 0 aromatic heterocycles. The van der Waals surface area contributed by atoms with E-state index in [1.807, 2.05) is 0 Å². The third kappa shape index (κ3) is 77.7. The van der Waals surface area contributed by atoms with E-state index in [9.17, 15) is 9.59 Å². The summed E-state index contributed by atoms with van der Waals surface area (Å²) < 4.78 is 0. The minimum atomic E-state index is -0.437. The van der Waals surface area contributed by atoms with Crippen molar-refractivity contribution in [1.29, 1.82) is 0 Å². The molecule has 0 rings (SSSR count). The molecule has 0 radical (unpaired) electrons. The number of nitrogens with zero attached hydrogens (tertiary/aromatic N) is 1. The molecule has 94 valence electrons. The van der Waals surface area contributed by atoms with Crippen molar-refractivity contribution in [2.24, 2.45) is 0 Å². The number of hydrogen-bond donors (Lipinski definition) is 0. The molecule has 2 amide bonds. The SMILES string of the molecule is CC(=O)[N-]C(C)=O.[CH3-].[W+2].[W].[W].[W].[W].[W].[W].[W]. The maximum atomic E-state index is 9.87. The third-order valence-electron chi connectivity index (χ3n) is 0.315. The van der Waals surface area contributed by atoms with E-state index >= 15 is 0 Å². The van der Waals surface area contributed by atoms with Crippen LogP contribution in [0.5, 0.6) is 0 Å². The Kier molecular flexibility index (Phi) is 221. The zero-order valence-corrected chi connectivity index (χ0v) is 32.0. The molecule has 0 spiro atoms. The second-order valence-corrected chi connectivity index (χ2v) is 1.15. The van der Waals surface area contributed by atoms with Gasteiger partial charge < -0.3 is 22.3 Å². The van der Waals surface area contributed by atoms with E-state index in [2.05, 4.69) is 5.32 Å². The van der Waals surface area contributed by atoms with Crippen molar-refractivity contribution in [2.75, 3.05) is 0 Å². The Bertz CT molecular complexity index is 103. The first-order valence-corrected chi connectivity index (χ1v) is 1.86. The van der Waals surface area contributed by atoms with Crippen LogP contribution in [-0.4, -0.2) is 11.8 Å². The molecular formula is C5H9NO2W8. The predicted octanol–water partition coefficient (Wildman–Crippen LogP) is 0.883. The quantitative estimate of drug-likeness (QED) is 0.339. The Morgan fingerprint density at radius 3 is 0.812 bits per heavy atom. The number of carbonyl (C=O) groups is 2. The average Bonchev–Trinajstić information content (AvgIpc) is 1.27. The van der Waals surface area contributed by atoms with Crippen LogP contribution in [0.25, 0.3) is 5.32 Å². The number of amides is 2. The topological polar surface area (TPSA) is 48.2 Å². The van der Waals surface area contributed by atoms with E-state index < -0.39 is 11.8 Å². The van der Waals surface area contributed by atoms with Gasteiger partial charge in [-0.05, 0) is 13.8 Å². The van der Waals surface area contributed by atoms with Gasteiger partial charge in [0.2, 0.25) is 0 Å². The number of imide groups is 1. The smallest absolute Gasteiger partial charge is 0.596 e. The van der Waals surface area contributed by atoms with Crippen LogP contribution in [0.15, 0.2) is 0 Å². The summed E-state index contributed by atoms with van der Waals surface area (Å²) in [5.41, 5.74) is 0. The van der Waals surface area contributed by atoms with Crippen LogP contribution in [0.2, 0.25) is 0 Å². The molecule has 0 aromatic rings. The average molecular weight is 1590 g/mol. The summed E-state index contributed by atoms with van der Waals surface area (Å²) in [6.07, 6.45) is 0. The predicted molar refractivity (Wildman–Crippen MR) is 31.1 cm³/mol. The molecule has 11 heteroatoms. The van der Waals surface area contributed by atoms with Crippen LogP contribution in [0.4, 0.5) is 0 Å². The van der Waals surface area contributed by atoms with Gasteiger partial charge in [-0.2, -0.15) is 0 Å². The van der Waals surface area contributed by atoms with Crippen LogP contribution in [0, 0.1) is 7.43 Å². The Balaban J connectivity index is -0.00000000500. The molecule has 0 saturated carbocycles. The van der Waals surface area contributed by atoms with E-state index in [4.69, 9.17) is 0 Å². The molecule has 0 saturated heterocycles. The van der Waals surface area contributed by atoms with Gasteiger partial charge >= 0.3 is 21.1 Å². The fourth-order valence-electron chi connectivity index (χ4n) is 0.222. The van der Waals surface area contributed by atoms with Gasteiger partial charge in [-0.15, -0.1) is 0 Å². The number of carbonyl (C=O) groups excluding carboxylic acids is 2. The summed E-state index contributed by atoms with van der Waals surface area (Å²) in [6, 6.07) is 0. The van der Waals surface area contributed by atoms with Gasteiger partial charge in [-0.1, -0.05) is 0 Å². The van der Waals surface area contributed by atoms with E-state index in [0.717, 1.165) is 0 Å². The Labute approximate surface area is 212 Å². The molecule has 0 fully saturated rings. The van der Waals surface area contributed by atoms with E-state index in [1.165, 1.54) is 13.8 Å². The van der Waals surface area contributed by atoms with Crippen molar-refractivity contribution < 1.29 is 178 Å². The molecular weight excluding hydrogens is 1580 g/mol. The molecule has 0 unspecified atom stereocenters. The molecule has 16 heavy (non-hydrogen) atoms. The fourth-order valence-corrected chi connectivity index (χ4v) is 0.222. The maximum absolute atomic E-state index is 9.87. The van der Waals surface area contributed by atoms with Crippen LogP contribution < -0.4 is 0 Å². The van der Waals surface area contributed by atoms with Gasteiger partial charge in [0, 0.05) is 147 Å². The van der Waals surface area contributed by atoms with Gasteiger partial charge in [0.1, 0.15) is 0 Å². The molecule has 0 aliphatic rings. The van der Waals surface area contributed by atoms with Crippen molar-refractivity contribution in [2.45, 2.75) is 13.8 Å². The summed E-state index contributed by atoms with van der Waals surface area (Å²) in [4.78, 5) is 19.7. The first-order valence-electron chi connectivity index (χ1n) is 1.86. The summed E-state index contributed by atoms with van der Waals surface area (Å²) in [6.45, 7) is 2.47. The first-order chi connectivity index (χ1) is 3.13. The molecule has 0 aromatic carbocycles. The van der Waals surface area contributed by atoms with Gasteiger partial charge in [-0.25, -0.2) is 0 Å². The monoisotopic (exact) mass is 1590 g/mol. The molecule has 0 atom stereocenters. The molecule has 0 bridgehead atoms. The van der Waals surface area contributed by atoms with Crippen LogP contribution in [0.1, 0.15) is 13.8 Å². The second kappa shape index (κ2) is 50.4. The number of hydrogen-bond acceptors (Lipinski definition) is 2. The fraction of sp³-hybridized carbons (Fsp3) is 0.400. The Hall–Kier alpha value is 4.65.